The van der Waals surface area contributed by atoms with Crippen molar-refractivity contribution >= 4 is 18.2 Å². The van der Waals surface area contributed by atoms with Gasteiger partial charge in [0.25, 0.3) is 0 Å². The Morgan fingerprint density at radius 1 is 1.27 bits per heavy atom. The molecule has 0 atom stereocenters. The molecule has 11 heavy (non-hydrogen) atoms. The predicted molar refractivity (Wildman–Crippen MR) is 26.9 cm³/mol. The zero-order valence-corrected chi connectivity index (χ0v) is 13.8. The molecule has 0 heterocycles. The van der Waals surface area contributed by atoms with Crippen LogP contribution in [0.2, 0.25) is 0 Å². The van der Waals surface area contributed by atoms with Gasteiger partial charge >= 0.3 is 121 Å². The van der Waals surface area contributed by atoms with E-state index in [0.717, 1.165) is 0 Å². The molecule has 0 aromatic rings. The van der Waals surface area contributed by atoms with Gasteiger partial charge in [0.05, 0.1) is 0 Å². The Bertz CT molecular complexity index is 231. The molecule has 0 fully saturated rings. The van der Waals surface area contributed by atoms with Crippen LogP contribution in [0.5, 0.6) is 0 Å². The van der Waals surface area contributed by atoms with Crippen LogP contribution in [0, 0.1) is 0 Å². The molecule has 11 heteroatoms. The molecule has 0 saturated carbocycles. The molecular formula is H5K2O7PS. The SMILES string of the molecule is O=P(O)(O)OS(=O)(=O)O.[H-].[H-].[K+].[K+]. The van der Waals surface area contributed by atoms with Gasteiger partial charge in [0.1, 0.15) is 0 Å². The third kappa shape index (κ3) is 19.6. The molecule has 0 rings (SSSR count). The summed E-state index contributed by atoms with van der Waals surface area (Å²) in [6.07, 6.45) is 0. The number of phosphoric acid groups is 1. The van der Waals surface area contributed by atoms with E-state index in [-0.39, 0.29) is 106 Å². The van der Waals surface area contributed by atoms with Crippen LogP contribution in [0.3, 0.4) is 0 Å². The van der Waals surface area contributed by atoms with E-state index in [0.29, 0.717) is 0 Å². The maximum absolute atomic E-state index is 9.58. The fourth-order valence-corrected chi connectivity index (χ4v) is 1.10. The molecule has 0 amide bonds. The largest absolute Gasteiger partial charge is 1.00 e. The van der Waals surface area contributed by atoms with Crippen LogP contribution in [0.4, 0.5) is 0 Å². The van der Waals surface area contributed by atoms with Crippen LogP contribution < -0.4 is 103 Å². The van der Waals surface area contributed by atoms with Crippen molar-refractivity contribution < 1.29 is 137 Å². The molecule has 0 aliphatic rings. The number of hydrogen-bond acceptors (Lipinski definition) is 4. The van der Waals surface area contributed by atoms with E-state index >= 15 is 0 Å². The maximum atomic E-state index is 9.58. The monoisotopic (exact) mass is 258 g/mol. The van der Waals surface area contributed by atoms with E-state index in [9.17, 15) is 13.0 Å². The molecule has 0 aromatic heterocycles. The Balaban J connectivity index is -0.0000000533. The summed E-state index contributed by atoms with van der Waals surface area (Å²) >= 11 is 0. The second-order valence-electron chi connectivity index (χ2n) is 0.993. The van der Waals surface area contributed by atoms with Crippen LogP contribution in [-0.2, 0) is 18.9 Å². The average Bonchev–Trinajstić information content (AvgIpc) is 1.14. The zero-order valence-electron chi connectivity index (χ0n) is 7.83. The predicted octanol–water partition coefficient (Wildman–Crippen LogP) is -6.87. The third-order valence-electron chi connectivity index (χ3n) is 0.191. The Kier molecular flexibility index (Phi) is 13.6. The van der Waals surface area contributed by atoms with E-state index in [2.05, 4.69) is 3.97 Å². The van der Waals surface area contributed by atoms with Crippen molar-refractivity contribution in [2.24, 2.45) is 0 Å². The first-order chi connectivity index (χ1) is 3.71. The summed E-state index contributed by atoms with van der Waals surface area (Å²) in [5.41, 5.74) is 0. The normalized spacial score (nSPS) is 11.2. The van der Waals surface area contributed by atoms with Gasteiger partial charge in [-0.05, 0) is 0 Å². The smallest absolute Gasteiger partial charge is 1.00 e. The van der Waals surface area contributed by atoms with Crippen LogP contribution in [0.25, 0.3) is 0 Å². The van der Waals surface area contributed by atoms with Gasteiger partial charge < -0.3 is 12.6 Å². The van der Waals surface area contributed by atoms with Crippen molar-refractivity contribution in [2.45, 2.75) is 0 Å². The molecule has 3 N–H and O–H groups in total. The second-order valence-corrected chi connectivity index (χ2v) is 3.43. The Hall–Kier alpha value is 3.29. The van der Waals surface area contributed by atoms with Crippen molar-refractivity contribution in [1.82, 2.24) is 0 Å². The Morgan fingerprint density at radius 2 is 1.55 bits per heavy atom. The topological polar surface area (TPSA) is 121 Å². The molecule has 0 aliphatic carbocycles. The molecule has 7 nitrogen and oxygen atoms in total. The van der Waals surface area contributed by atoms with Crippen molar-refractivity contribution in [3.05, 3.63) is 0 Å². The molecule has 0 unspecified atom stereocenters. The molecular weight excluding hydrogens is 253 g/mol. The minimum absolute atomic E-state index is 0. The van der Waals surface area contributed by atoms with Crippen molar-refractivity contribution in [1.29, 1.82) is 0 Å². The van der Waals surface area contributed by atoms with Gasteiger partial charge in [-0.3, -0.25) is 4.55 Å². The van der Waals surface area contributed by atoms with Crippen LogP contribution in [0.15, 0.2) is 0 Å². The second kappa shape index (κ2) is 7.57. The first-order valence-corrected chi connectivity index (χ1v) is 4.34. The van der Waals surface area contributed by atoms with Gasteiger partial charge in [-0.25, -0.2) is 4.57 Å². The zero-order chi connectivity index (χ0) is 7.71. The maximum Gasteiger partial charge on any atom is 1.00 e. The average molecular weight is 258 g/mol. The summed E-state index contributed by atoms with van der Waals surface area (Å²) in [5, 5.41) is 0. The molecule has 0 aliphatic heterocycles. The fraction of sp³-hybridized carbons (Fsp3) is 0. The molecule has 0 spiro atoms. The van der Waals surface area contributed by atoms with Crippen molar-refractivity contribution in [3.8, 4) is 0 Å². The van der Waals surface area contributed by atoms with Gasteiger partial charge in [-0.1, -0.05) is 0 Å². The Morgan fingerprint density at radius 3 is 1.55 bits per heavy atom. The number of hydrogen-bond donors (Lipinski definition) is 3. The molecule has 60 valence electrons. The first kappa shape index (κ1) is 19.8. The molecule has 0 saturated heterocycles. The van der Waals surface area contributed by atoms with Gasteiger partial charge in [0.2, 0.25) is 0 Å². The minimum Gasteiger partial charge on any atom is -1.00 e. The van der Waals surface area contributed by atoms with E-state index in [4.69, 9.17) is 14.3 Å². The summed E-state index contributed by atoms with van der Waals surface area (Å²) in [6, 6.07) is 0. The fourth-order valence-electron chi connectivity index (χ4n) is 0.123. The summed E-state index contributed by atoms with van der Waals surface area (Å²) in [7, 11) is -10.2. The Labute approximate surface area is 151 Å². The van der Waals surface area contributed by atoms with E-state index in [1.54, 1.807) is 0 Å². The quantitative estimate of drug-likeness (QED) is 0.256. The van der Waals surface area contributed by atoms with Crippen LogP contribution in [-0.4, -0.2) is 22.8 Å². The van der Waals surface area contributed by atoms with Gasteiger partial charge in [-0.2, -0.15) is 8.42 Å². The summed E-state index contributed by atoms with van der Waals surface area (Å²) < 4.78 is 39.0. The van der Waals surface area contributed by atoms with Crippen LogP contribution in [0.1, 0.15) is 2.85 Å². The summed E-state index contributed by atoms with van der Waals surface area (Å²) in [4.78, 5) is 15.4. The molecule has 0 aromatic carbocycles. The van der Waals surface area contributed by atoms with Crippen LogP contribution >= 0.6 is 7.82 Å². The summed E-state index contributed by atoms with van der Waals surface area (Å²) in [5.74, 6) is 0. The molecule has 0 radical (unpaired) electrons. The van der Waals surface area contributed by atoms with Gasteiger partial charge in [0, 0.05) is 0 Å². The third-order valence-corrected chi connectivity index (χ3v) is 1.72. The standard InChI is InChI=1S/2K.H3O7PS.2H/c;;1-8(2,3)7-9(4,5)6;;/h;;(H2,1,2,3)(H,4,5,6);;/q2*+1;;2*-1. The number of rotatable bonds is 2. The van der Waals surface area contributed by atoms with Gasteiger partial charge in [0.15, 0.2) is 0 Å². The van der Waals surface area contributed by atoms with E-state index < -0.39 is 18.2 Å². The molecule has 0 bridgehead atoms. The summed E-state index contributed by atoms with van der Waals surface area (Å²) in [6.45, 7) is 0. The van der Waals surface area contributed by atoms with Gasteiger partial charge in [-0.15, -0.1) is 3.97 Å². The first-order valence-electron chi connectivity index (χ1n) is 1.45. The van der Waals surface area contributed by atoms with Crippen molar-refractivity contribution in [3.63, 3.8) is 0 Å². The van der Waals surface area contributed by atoms with Crippen molar-refractivity contribution in [2.75, 3.05) is 0 Å². The minimum atomic E-state index is -5.13. The van der Waals surface area contributed by atoms with E-state index in [1.165, 1.54) is 0 Å². The van der Waals surface area contributed by atoms with E-state index in [1.807, 2.05) is 0 Å².